The Labute approximate surface area is 153 Å². The molecule has 3 heteroatoms. The average Bonchev–Trinajstić information content (AvgIpc) is 2.68. The Balaban J connectivity index is 1.80. The van der Waals surface area contributed by atoms with Gasteiger partial charge in [0.05, 0.1) is 13.2 Å². The van der Waals surface area contributed by atoms with E-state index in [1.807, 2.05) is 24.3 Å². The summed E-state index contributed by atoms with van der Waals surface area (Å²) in [7, 11) is 1.70. The first-order valence-corrected chi connectivity index (χ1v) is 8.88. The van der Waals surface area contributed by atoms with Gasteiger partial charge >= 0.3 is 0 Å². The van der Waals surface area contributed by atoms with E-state index in [0.29, 0.717) is 0 Å². The molecule has 0 aromatic heterocycles. The highest BCUT2D eigenvalue weighted by atomic mass is 35.5. The number of anilines is 1. The quantitative estimate of drug-likeness (QED) is 0.619. The number of hydrogen-bond acceptors (Lipinski definition) is 2. The van der Waals surface area contributed by atoms with Crippen LogP contribution in [0.15, 0.2) is 72.8 Å². The zero-order chi connectivity index (χ0) is 17.2. The van der Waals surface area contributed by atoms with Gasteiger partial charge in [-0.15, -0.1) is 0 Å². The standard InChI is InChI=1S/C22H20ClNO/c1-25-20-12-10-19(11-13-20)24-15-14-16-4-2-3-5-21(16)22(24)17-6-8-18(23)9-7-17/h2-13,22H,14-15H2,1H3. The van der Waals surface area contributed by atoms with E-state index in [0.717, 1.165) is 23.7 Å². The lowest BCUT2D eigenvalue weighted by Gasteiger charge is -2.39. The van der Waals surface area contributed by atoms with Crippen LogP contribution in [0, 0.1) is 0 Å². The van der Waals surface area contributed by atoms with Gasteiger partial charge < -0.3 is 9.64 Å². The Morgan fingerprint density at radius 1 is 0.920 bits per heavy atom. The van der Waals surface area contributed by atoms with Crippen molar-refractivity contribution in [1.82, 2.24) is 0 Å². The van der Waals surface area contributed by atoms with Crippen molar-refractivity contribution in [2.75, 3.05) is 18.6 Å². The number of benzene rings is 3. The molecule has 0 spiro atoms. The molecule has 1 unspecified atom stereocenters. The molecule has 0 aliphatic carbocycles. The Morgan fingerprint density at radius 2 is 1.64 bits per heavy atom. The Bertz CT molecular complexity index is 858. The van der Waals surface area contributed by atoms with Crippen LogP contribution in [0.25, 0.3) is 0 Å². The van der Waals surface area contributed by atoms with Gasteiger partial charge in [0.2, 0.25) is 0 Å². The SMILES string of the molecule is COc1ccc(N2CCc3ccccc3C2c2ccc(Cl)cc2)cc1. The molecular formula is C22H20ClNO. The Morgan fingerprint density at radius 3 is 2.36 bits per heavy atom. The number of methoxy groups -OCH3 is 1. The minimum absolute atomic E-state index is 0.190. The molecule has 1 aliphatic rings. The van der Waals surface area contributed by atoms with E-state index >= 15 is 0 Å². The molecule has 1 atom stereocenters. The van der Waals surface area contributed by atoms with Crippen LogP contribution in [0.5, 0.6) is 5.75 Å². The van der Waals surface area contributed by atoms with Crippen molar-refractivity contribution in [3.05, 3.63) is 94.5 Å². The van der Waals surface area contributed by atoms with Gasteiger partial charge in [-0.05, 0) is 59.5 Å². The number of rotatable bonds is 3. The number of nitrogens with zero attached hydrogens (tertiary/aromatic N) is 1. The second-order valence-corrected chi connectivity index (χ2v) is 6.73. The lowest BCUT2D eigenvalue weighted by Crippen LogP contribution is -2.36. The van der Waals surface area contributed by atoms with Gasteiger partial charge in [-0.3, -0.25) is 0 Å². The van der Waals surface area contributed by atoms with Gasteiger partial charge in [0.15, 0.2) is 0 Å². The van der Waals surface area contributed by atoms with Crippen LogP contribution < -0.4 is 9.64 Å². The molecule has 0 radical (unpaired) electrons. The van der Waals surface area contributed by atoms with Crippen LogP contribution in [-0.4, -0.2) is 13.7 Å². The van der Waals surface area contributed by atoms with Gasteiger partial charge in [-0.2, -0.15) is 0 Å². The zero-order valence-electron chi connectivity index (χ0n) is 14.2. The fourth-order valence-electron chi connectivity index (χ4n) is 3.62. The normalized spacial score (nSPS) is 16.4. The topological polar surface area (TPSA) is 12.5 Å². The third-order valence-corrected chi connectivity index (χ3v) is 5.13. The van der Waals surface area contributed by atoms with Crippen LogP contribution in [-0.2, 0) is 6.42 Å². The van der Waals surface area contributed by atoms with E-state index < -0.39 is 0 Å². The summed E-state index contributed by atoms with van der Waals surface area (Å²) in [4.78, 5) is 2.46. The smallest absolute Gasteiger partial charge is 0.119 e. The van der Waals surface area contributed by atoms with Crippen LogP contribution in [0.4, 0.5) is 5.69 Å². The Kier molecular flexibility index (Phi) is 4.37. The van der Waals surface area contributed by atoms with E-state index in [9.17, 15) is 0 Å². The molecule has 0 bridgehead atoms. The largest absolute Gasteiger partial charge is 0.497 e. The van der Waals surface area contributed by atoms with Crippen LogP contribution in [0.2, 0.25) is 5.02 Å². The number of ether oxygens (including phenoxy) is 1. The first-order valence-electron chi connectivity index (χ1n) is 8.50. The lowest BCUT2D eigenvalue weighted by atomic mass is 9.88. The summed E-state index contributed by atoms with van der Waals surface area (Å²) in [5.74, 6) is 0.879. The van der Waals surface area contributed by atoms with E-state index in [2.05, 4.69) is 53.4 Å². The molecule has 3 aromatic carbocycles. The third-order valence-electron chi connectivity index (χ3n) is 4.87. The maximum atomic E-state index is 6.11. The summed E-state index contributed by atoms with van der Waals surface area (Å²) < 4.78 is 5.30. The maximum absolute atomic E-state index is 6.11. The Hall–Kier alpha value is -2.45. The highest BCUT2D eigenvalue weighted by Crippen LogP contribution is 2.38. The molecule has 0 fully saturated rings. The van der Waals surface area contributed by atoms with E-state index in [-0.39, 0.29) is 6.04 Å². The average molecular weight is 350 g/mol. The first kappa shape index (κ1) is 16.0. The lowest BCUT2D eigenvalue weighted by molar-refractivity contribution is 0.414. The molecule has 25 heavy (non-hydrogen) atoms. The summed E-state index contributed by atoms with van der Waals surface area (Å²) in [6.07, 6.45) is 1.05. The van der Waals surface area contributed by atoms with Crippen molar-refractivity contribution >= 4 is 17.3 Å². The monoisotopic (exact) mass is 349 g/mol. The molecule has 2 nitrogen and oxygen atoms in total. The molecule has 3 aromatic rings. The molecule has 0 amide bonds. The molecule has 4 rings (SSSR count). The molecule has 0 N–H and O–H groups in total. The van der Waals surface area contributed by atoms with Gasteiger partial charge in [-0.25, -0.2) is 0 Å². The number of hydrogen-bond donors (Lipinski definition) is 0. The fourth-order valence-corrected chi connectivity index (χ4v) is 3.75. The van der Waals surface area contributed by atoms with Crippen LogP contribution in [0.1, 0.15) is 22.7 Å². The first-order chi connectivity index (χ1) is 12.3. The predicted molar refractivity (Wildman–Crippen MR) is 104 cm³/mol. The molecule has 126 valence electrons. The predicted octanol–water partition coefficient (Wildman–Crippen LogP) is 5.50. The van der Waals surface area contributed by atoms with Gasteiger partial charge in [-0.1, -0.05) is 48.0 Å². The molecule has 0 saturated carbocycles. The number of fused-ring (bicyclic) bond motifs is 1. The summed E-state index contributed by atoms with van der Waals surface area (Å²) >= 11 is 6.11. The van der Waals surface area contributed by atoms with Crippen LogP contribution >= 0.6 is 11.6 Å². The van der Waals surface area contributed by atoms with Crippen LogP contribution in [0.3, 0.4) is 0 Å². The van der Waals surface area contributed by atoms with Crippen molar-refractivity contribution in [1.29, 1.82) is 0 Å². The van der Waals surface area contributed by atoms with Gasteiger partial charge in [0.1, 0.15) is 5.75 Å². The minimum atomic E-state index is 0.190. The molecule has 0 saturated heterocycles. The van der Waals surface area contributed by atoms with Crippen molar-refractivity contribution in [3.8, 4) is 5.75 Å². The molecule has 1 heterocycles. The summed E-state index contributed by atoms with van der Waals surface area (Å²) in [6.45, 7) is 0.983. The highest BCUT2D eigenvalue weighted by Gasteiger charge is 2.28. The summed E-state index contributed by atoms with van der Waals surface area (Å²) in [5.41, 5.74) is 5.25. The summed E-state index contributed by atoms with van der Waals surface area (Å²) in [6, 6.07) is 25.4. The van der Waals surface area contributed by atoms with E-state index in [1.165, 1.54) is 22.4 Å². The van der Waals surface area contributed by atoms with Crippen molar-refractivity contribution < 1.29 is 4.74 Å². The minimum Gasteiger partial charge on any atom is -0.497 e. The molecular weight excluding hydrogens is 330 g/mol. The van der Waals surface area contributed by atoms with Crippen molar-refractivity contribution in [3.63, 3.8) is 0 Å². The van der Waals surface area contributed by atoms with Gasteiger partial charge in [0, 0.05) is 17.3 Å². The van der Waals surface area contributed by atoms with Gasteiger partial charge in [0.25, 0.3) is 0 Å². The van der Waals surface area contributed by atoms with Crippen molar-refractivity contribution in [2.24, 2.45) is 0 Å². The number of halogens is 1. The molecule has 1 aliphatic heterocycles. The zero-order valence-corrected chi connectivity index (χ0v) is 14.9. The second-order valence-electron chi connectivity index (χ2n) is 6.29. The fraction of sp³-hybridized carbons (Fsp3) is 0.182. The maximum Gasteiger partial charge on any atom is 0.119 e. The summed E-state index contributed by atoms with van der Waals surface area (Å²) in [5, 5.41) is 0.767. The van der Waals surface area contributed by atoms with Crippen molar-refractivity contribution in [2.45, 2.75) is 12.5 Å². The third kappa shape index (κ3) is 3.10. The second kappa shape index (κ2) is 6.81. The highest BCUT2D eigenvalue weighted by molar-refractivity contribution is 6.30. The van der Waals surface area contributed by atoms with E-state index in [1.54, 1.807) is 7.11 Å². The van der Waals surface area contributed by atoms with E-state index in [4.69, 9.17) is 16.3 Å².